The molecular weight excluding hydrogens is 334 g/mol. The molecular formula is C19H23N3O4. The molecule has 0 aliphatic carbocycles. The maximum Gasteiger partial charge on any atom is 0.269 e. The number of amides is 1. The number of benzene rings is 2. The molecule has 0 aromatic heterocycles. The van der Waals surface area contributed by atoms with Gasteiger partial charge in [-0.05, 0) is 37.1 Å². The monoisotopic (exact) mass is 357 g/mol. The SMILES string of the molecule is O=C(CCCNc1ccc([N+](=O)[O-])cc1)NCCCOc1ccccc1. The van der Waals surface area contributed by atoms with Gasteiger partial charge in [0.25, 0.3) is 5.69 Å². The first-order valence-corrected chi connectivity index (χ1v) is 8.58. The van der Waals surface area contributed by atoms with Crippen molar-refractivity contribution >= 4 is 17.3 Å². The van der Waals surface area contributed by atoms with Crippen LogP contribution in [0.4, 0.5) is 11.4 Å². The van der Waals surface area contributed by atoms with E-state index < -0.39 is 4.92 Å². The topological polar surface area (TPSA) is 93.5 Å². The molecule has 7 heteroatoms. The average Bonchev–Trinajstić information content (AvgIpc) is 2.66. The van der Waals surface area contributed by atoms with Crippen LogP contribution >= 0.6 is 0 Å². The predicted molar refractivity (Wildman–Crippen MR) is 100 cm³/mol. The van der Waals surface area contributed by atoms with Crippen LogP contribution in [0.3, 0.4) is 0 Å². The van der Waals surface area contributed by atoms with Crippen molar-refractivity contribution < 1.29 is 14.5 Å². The Kier molecular flexibility index (Phi) is 7.92. The zero-order chi connectivity index (χ0) is 18.6. The molecule has 2 aromatic rings. The van der Waals surface area contributed by atoms with Crippen molar-refractivity contribution in [2.24, 2.45) is 0 Å². The van der Waals surface area contributed by atoms with Crippen LogP contribution in [0.2, 0.25) is 0 Å². The van der Waals surface area contributed by atoms with Gasteiger partial charge in [-0.25, -0.2) is 0 Å². The second-order valence-corrected chi connectivity index (χ2v) is 5.70. The summed E-state index contributed by atoms with van der Waals surface area (Å²) in [6, 6.07) is 15.8. The van der Waals surface area contributed by atoms with E-state index in [0.717, 1.165) is 17.9 Å². The fourth-order valence-corrected chi connectivity index (χ4v) is 2.28. The largest absolute Gasteiger partial charge is 0.494 e. The maximum absolute atomic E-state index is 11.8. The summed E-state index contributed by atoms with van der Waals surface area (Å²) in [6.07, 6.45) is 1.87. The molecule has 0 saturated carbocycles. The first-order chi connectivity index (χ1) is 12.6. The first-order valence-electron chi connectivity index (χ1n) is 8.58. The lowest BCUT2D eigenvalue weighted by molar-refractivity contribution is -0.384. The number of nitrogens with one attached hydrogen (secondary N) is 2. The number of carbonyl (C=O) groups excluding carboxylic acids is 1. The van der Waals surface area contributed by atoms with Crippen LogP contribution in [0.15, 0.2) is 54.6 Å². The van der Waals surface area contributed by atoms with Crippen molar-refractivity contribution in [1.29, 1.82) is 0 Å². The van der Waals surface area contributed by atoms with Gasteiger partial charge in [0.05, 0.1) is 11.5 Å². The Bertz CT molecular complexity index is 690. The molecule has 0 heterocycles. The number of hydrogen-bond acceptors (Lipinski definition) is 5. The number of hydrogen-bond donors (Lipinski definition) is 2. The Morgan fingerprint density at radius 2 is 1.73 bits per heavy atom. The van der Waals surface area contributed by atoms with Crippen molar-refractivity contribution in [1.82, 2.24) is 5.32 Å². The van der Waals surface area contributed by atoms with E-state index in [2.05, 4.69) is 10.6 Å². The molecule has 0 atom stereocenters. The molecule has 0 saturated heterocycles. The summed E-state index contributed by atoms with van der Waals surface area (Å²) < 4.78 is 5.56. The van der Waals surface area contributed by atoms with E-state index in [1.807, 2.05) is 30.3 Å². The Hall–Kier alpha value is -3.09. The van der Waals surface area contributed by atoms with Gasteiger partial charge in [-0.1, -0.05) is 18.2 Å². The van der Waals surface area contributed by atoms with E-state index in [9.17, 15) is 14.9 Å². The number of rotatable bonds is 11. The summed E-state index contributed by atoms with van der Waals surface area (Å²) in [5.74, 6) is 0.839. The van der Waals surface area contributed by atoms with Crippen LogP contribution in [0.5, 0.6) is 5.75 Å². The van der Waals surface area contributed by atoms with Crippen molar-refractivity contribution in [3.63, 3.8) is 0 Å². The minimum Gasteiger partial charge on any atom is -0.494 e. The van der Waals surface area contributed by atoms with Crippen molar-refractivity contribution in [3.8, 4) is 5.75 Å². The number of nitrogens with zero attached hydrogens (tertiary/aromatic N) is 1. The Morgan fingerprint density at radius 1 is 1.00 bits per heavy atom. The summed E-state index contributed by atoms with van der Waals surface area (Å²) in [5, 5.41) is 16.6. The van der Waals surface area contributed by atoms with Gasteiger partial charge in [-0.3, -0.25) is 14.9 Å². The number of nitro benzene ring substituents is 1. The van der Waals surface area contributed by atoms with Crippen LogP contribution in [-0.2, 0) is 4.79 Å². The van der Waals surface area contributed by atoms with Crippen LogP contribution < -0.4 is 15.4 Å². The number of para-hydroxylation sites is 1. The van der Waals surface area contributed by atoms with Crippen LogP contribution in [0.25, 0.3) is 0 Å². The lowest BCUT2D eigenvalue weighted by Gasteiger charge is -2.08. The highest BCUT2D eigenvalue weighted by Crippen LogP contribution is 2.15. The molecule has 0 radical (unpaired) electrons. The third kappa shape index (κ3) is 7.21. The van der Waals surface area contributed by atoms with Crippen LogP contribution in [0, 0.1) is 10.1 Å². The summed E-state index contributed by atoms with van der Waals surface area (Å²) in [4.78, 5) is 21.9. The van der Waals surface area contributed by atoms with Gasteiger partial charge < -0.3 is 15.4 Å². The molecule has 2 aromatic carbocycles. The standard InChI is InChI=1S/C19H23N3O4/c23-19(21-14-5-15-26-18-6-2-1-3-7-18)8-4-13-20-16-9-11-17(12-10-16)22(24)25/h1-3,6-7,9-12,20H,4-5,8,13-15H2,(H,21,23). The number of non-ortho nitro benzene ring substituents is 1. The van der Waals surface area contributed by atoms with Gasteiger partial charge in [0.1, 0.15) is 5.75 Å². The molecule has 0 bridgehead atoms. The predicted octanol–water partition coefficient (Wildman–Crippen LogP) is 3.37. The smallest absolute Gasteiger partial charge is 0.269 e. The van der Waals surface area contributed by atoms with E-state index in [0.29, 0.717) is 32.5 Å². The van der Waals surface area contributed by atoms with E-state index in [1.165, 1.54) is 12.1 Å². The summed E-state index contributed by atoms with van der Waals surface area (Å²) in [6.45, 7) is 1.77. The average molecular weight is 357 g/mol. The summed E-state index contributed by atoms with van der Waals surface area (Å²) in [5.41, 5.74) is 0.861. The highest BCUT2D eigenvalue weighted by Gasteiger charge is 2.04. The molecule has 0 aliphatic rings. The fraction of sp³-hybridized carbons (Fsp3) is 0.316. The lowest BCUT2D eigenvalue weighted by Crippen LogP contribution is -2.25. The normalized spacial score (nSPS) is 10.2. The lowest BCUT2D eigenvalue weighted by atomic mass is 10.2. The highest BCUT2D eigenvalue weighted by molar-refractivity contribution is 5.75. The fourth-order valence-electron chi connectivity index (χ4n) is 2.28. The van der Waals surface area contributed by atoms with Gasteiger partial charge in [-0.15, -0.1) is 0 Å². The third-order valence-electron chi connectivity index (χ3n) is 3.64. The number of anilines is 1. The molecule has 0 aliphatic heterocycles. The second-order valence-electron chi connectivity index (χ2n) is 5.70. The number of nitro groups is 1. The molecule has 2 rings (SSSR count). The van der Waals surface area contributed by atoms with E-state index in [1.54, 1.807) is 12.1 Å². The first kappa shape index (κ1) is 19.2. The number of carbonyl (C=O) groups is 1. The van der Waals surface area contributed by atoms with Crippen molar-refractivity contribution in [2.75, 3.05) is 25.0 Å². The minimum atomic E-state index is -0.432. The van der Waals surface area contributed by atoms with Gasteiger partial charge >= 0.3 is 0 Å². The highest BCUT2D eigenvalue weighted by atomic mass is 16.6. The van der Waals surface area contributed by atoms with E-state index in [-0.39, 0.29) is 11.6 Å². The van der Waals surface area contributed by atoms with Crippen molar-refractivity contribution in [3.05, 3.63) is 64.7 Å². The van der Waals surface area contributed by atoms with Crippen LogP contribution in [-0.4, -0.2) is 30.5 Å². The molecule has 138 valence electrons. The Morgan fingerprint density at radius 3 is 2.42 bits per heavy atom. The summed E-state index contributed by atoms with van der Waals surface area (Å²) in [7, 11) is 0. The third-order valence-corrected chi connectivity index (χ3v) is 3.64. The zero-order valence-electron chi connectivity index (χ0n) is 14.5. The van der Waals surface area contributed by atoms with Crippen molar-refractivity contribution in [2.45, 2.75) is 19.3 Å². The molecule has 0 fully saturated rings. The van der Waals surface area contributed by atoms with Gasteiger partial charge in [-0.2, -0.15) is 0 Å². The Balaban J connectivity index is 1.50. The Labute approximate surface area is 152 Å². The molecule has 1 amide bonds. The van der Waals surface area contributed by atoms with E-state index >= 15 is 0 Å². The second kappa shape index (κ2) is 10.7. The number of ether oxygens (including phenoxy) is 1. The van der Waals surface area contributed by atoms with E-state index in [4.69, 9.17) is 4.74 Å². The zero-order valence-corrected chi connectivity index (χ0v) is 14.5. The van der Waals surface area contributed by atoms with Crippen LogP contribution in [0.1, 0.15) is 19.3 Å². The van der Waals surface area contributed by atoms with Gasteiger partial charge in [0, 0.05) is 37.3 Å². The molecule has 0 spiro atoms. The van der Waals surface area contributed by atoms with Gasteiger partial charge in [0.2, 0.25) is 5.91 Å². The minimum absolute atomic E-state index is 0.00945. The molecule has 26 heavy (non-hydrogen) atoms. The quantitative estimate of drug-likeness (QED) is 0.365. The summed E-state index contributed by atoms with van der Waals surface area (Å²) >= 11 is 0. The van der Waals surface area contributed by atoms with Gasteiger partial charge in [0.15, 0.2) is 0 Å². The molecule has 2 N–H and O–H groups in total. The molecule has 0 unspecified atom stereocenters. The maximum atomic E-state index is 11.8. The molecule has 7 nitrogen and oxygen atoms in total.